The van der Waals surface area contributed by atoms with Crippen LogP contribution in [0.15, 0.2) is 47.7 Å². The number of rotatable bonds is 3. The Morgan fingerprint density at radius 3 is 2.79 bits per heavy atom. The average molecular weight is 321 g/mol. The van der Waals surface area contributed by atoms with Gasteiger partial charge in [-0.1, -0.05) is 6.92 Å². The number of aromatic nitrogens is 4. The van der Waals surface area contributed by atoms with Gasteiger partial charge in [-0.3, -0.25) is 4.79 Å². The Kier molecular flexibility index (Phi) is 3.35. The molecule has 0 saturated carbocycles. The summed E-state index contributed by atoms with van der Waals surface area (Å²) in [5.74, 6) is 0.709. The quantitative estimate of drug-likeness (QED) is 0.771. The molecule has 0 radical (unpaired) electrons. The van der Waals surface area contributed by atoms with Gasteiger partial charge >= 0.3 is 0 Å². The molecule has 0 amide bonds. The molecule has 1 aliphatic rings. The van der Waals surface area contributed by atoms with Crippen molar-refractivity contribution in [1.29, 1.82) is 0 Å². The molecule has 3 aromatic rings. The van der Waals surface area contributed by atoms with Gasteiger partial charge in [0.2, 0.25) is 0 Å². The third kappa shape index (κ3) is 2.35. The van der Waals surface area contributed by atoms with Crippen molar-refractivity contribution in [2.45, 2.75) is 19.3 Å². The zero-order valence-electron chi connectivity index (χ0n) is 13.7. The topological polar surface area (TPSA) is 75.6 Å². The Balaban J connectivity index is 1.77. The number of aryl methyl sites for hydroxylation is 1. The summed E-state index contributed by atoms with van der Waals surface area (Å²) in [5, 5.41) is 7.98. The Hall–Kier alpha value is -2.73. The van der Waals surface area contributed by atoms with E-state index in [1.54, 1.807) is 17.1 Å². The van der Waals surface area contributed by atoms with Gasteiger partial charge in [0.05, 0.1) is 5.69 Å². The molecule has 0 spiro atoms. The molecule has 1 saturated heterocycles. The summed E-state index contributed by atoms with van der Waals surface area (Å²) in [6, 6.07) is 7.60. The average Bonchev–Trinajstić information content (AvgIpc) is 3.04. The second-order valence-corrected chi connectivity index (χ2v) is 6.58. The van der Waals surface area contributed by atoms with Gasteiger partial charge in [-0.2, -0.15) is 5.10 Å². The van der Waals surface area contributed by atoms with E-state index in [1.807, 2.05) is 37.4 Å². The molecule has 2 N–H and O–H groups in total. The molecule has 24 heavy (non-hydrogen) atoms. The van der Waals surface area contributed by atoms with Crippen molar-refractivity contribution < 1.29 is 0 Å². The van der Waals surface area contributed by atoms with Crippen LogP contribution in [0.5, 0.6) is 0 Å². The highest BCUT2D eigenvalue weighted by molar-refractivity contribution is 5.67. The lowest BCUT2D eigenvalue weighted by molar-refractivity contribution is 0.296. The lowest BCUT2D eigenvalue weighted by Crippen LogP contribution is -2.54. The first kappa shape index (κ1) is 14.8. The fourth-order valence-corrected chi connectivity index (χ4v) is 3.02. The molecule has 122 valence electrons. The number of nitrogens with one attached hydrogen (secondary N) is 2. The molecule has 6 heteroatoms. The number of aromatic amines is 1. The Bertz CT molecular complexity index is 952. The van der Waals surface area contributed by atoms with Crippen molar-refractivity contribution in [2.24, 2.45) is 0 Å². The highest BCUT2D eigenvalue weighted by atomic mass is 16.1. The summed E-state index contributed by atoms with van der Waals surface area (Å²) < 4.78 is 1.78. The summed E-state index contributed by atoms with van der Waals surface area (Å²) in [4.78, 5) is 19.3. The Morgan fingerprint density at radius 1 is 1.25 bits per heavy atom. The maximum Gasteiger partial charge on any atom is 0.255 e. The molecule has 0 bridgehead atoms. The van der Waals surface area contributed by atoms with Gasteiger partial charge in [-0.15, -0.1) is 0 Å². The van der Waals surface area contributed by atoms with Crippen LogP contribution in [-0.2, 0) is 5.41 Å². The maximum atomic E-state index is 12.1. The highest BCUT2D eigenvalue weighted by Crippen LogP contribution is 2.27. The molecule has 0 unspecified atom stereocenters. The van der Waals surface area contributed by atoms with E-state index >= 15 is 0 Å². The van der Waals surface area contributed by atoms with Gasteiger partial charge < -0.3 is 10.3 Å². The molecule has 3 aromatic heterocycles. The molecular formula is C18H19N5O. The number of nitrogens with zero attached hydrogens (tertiary/aromatic N) is 3. The van der Waals surface area contributed by atoms with Crippen molar-refractivity contribution in [1.82, 2.24) is 25.1 Å². The monoisotopic (exact) mass is 321 g/mol. The highest BCUT2D eigenvalue weighted by Gasteiger charge is 2.35. The minimum Gasteiger partial charge on any atom is -0.329 e. The van der Waals surface area contributed by atoms with E-state index in [1.165, 1.54) is 0 Å². The molecule has 0 aromatic carbocycles. The first-order valence-electron chi connectivity index (χ1n) is 7.99. The number of H-pyrrole nitrogens is 1. The largest absolute Gasteiger partial charge is 0.329 e. The van der Waals surface area contributed by atoms with E-state index in [2.05, 4.69) is 27.3 Å². The van der Waals surface area contributed by atoms with E-state index in [9.17, 15) is 4.79 Å². The molecular weight excluding hydrogens is 302 g/mol. The number of pyridine rings is 2. The van der Waals surface area contributed by atoms with Crippen molar-refractivity contribution >= 4 is 0 Å². The molecule has 4 rings (SSSR count). The molecule has 1 fully saturated rings. The van der Waals surface area contributed by atoms with Gasteiger partial charge in [-0.05, 0) is 42.3 Å². The van der Waals surface area contributed by atoms with Gasteiger partial charge in [0, 0.05) is 42.7 Å². The predicted octanol–water partition coefficient (Wildman–Crippen LogP) is 1.79. The summed E-state index contributed by atoms with van der Waals surface area (Å²) in [7, 11) is 0. The van der Waals surface area contributed by atoms with Crippen LogP contribution in [0, 0.1) is 6.92 Å². The minimum atomic E-state index is -0.105. The summed E-state index contributed by atoms with van der Waals surface area (Å²) >= 11 is 0. The van der Waals surface area contributed by atoms with E-state index in [-0.39, 0.29) is 11.0 Å². The van der Waals surface area contributed by atoms with Crippen molar-refractivity contribution in [3.8, 4) is 16.9 Å². The van der Waals surface area contributed by atoms with Crippen molar-refractivity contribution in [3.63, 3.8) is 0 Å². The fraction of sp³-hybridized carbons (Fsp3) is 0.278. The van der Waals surface area contributed by atoms with E-state index in [0.29, 0.717) is 11.4 Å². The molecule has 4 heterocycles. The lowest BCUT2D eigenvalue weighted by atomic mass is 9.81. The summed E-state index contributed by atoms with van der Waals surface area (Å²) in [6.45, 7) is 6.04. The Labute approximate surface area is 139 Å². The molecule has 6 nitrogen and oxygen atoms in total. The summed E-state index contributed by atoms with van der Waals surface area (Å²) in [5.41, 5.74) is 3.51. The van der Waals surface area contributed by atoms with Crippen LogP contribution < -0.4 is 10.9 Å². The van der Waals surface area contributed by atoms with Crippen LogP contribution in [0.4, 0.5) is 0 Å². The zero-order valence-corrected chi connectivity index (χ0v) is 13.7. The van der Waals surface area contributed by atoms with E-state index in [4.69, 9.17) is 0 Å². The standard InChI is InChI=1S/C18H19N5O/c1-12-9-21-16(8-14(12)13-4-3-6-20-17(13)24)23-7-5-15(22-23)18(2)10-19-11-18/h3-9,19H,10-11H2,1-2H3,(H,20,24). The van der Waals surface area contributed by atoms with Gasteiger partial charge in [0.1, 0.15) is 0 Å². The van der Waals surface area contributed by atoms with E-state index in [0.717, 1.165) is 29.9 Å². The molecule has 1 aliphatic heterocycles. The van der Waals surface area contributed by atoms with Crippen LogP contribution in [0.2, 0.25) is 0 Å². The first-order valence-corrected chi connectivity index (χ1v) is 7.99. The Morgan fingerprint density at radius 2 is 2.08 bits per heavy atom. The van der Waals surface area contributed by atoms with Crippen molar-refractivity contribution in [2.75, 3.05) is 13.1 Å². The van der Waals surface area contributed by atoms with Crippen LogP contribution in [0.25, 0.3) is 16.9 Å². The number of hydrogen-bond acceptors (Lipinski definition) is 4. The van der Waals surface area contributed by atoms with Gasteiger partial charge in [-0.25, -0.2) is 9.67 Å². The van der Waals surface area contributed by atoms with Crippen molar-refractivity contribution in [3.05, 3.63) is 64.5 Å². The van der Waals surface area contributed by atoms with Gasteiger partial charge in [0.15, 0.2) is 5.82 Å². The first-order chi connectivity index (χ1) is 11.6. The van der Waals surface area contributed by atoms with Gasteiger partial charge in [0.25, 0.3) is 5.56 Å². The lowest BCUT2D eigenvalue weighted by Gasteiger charge is -2.37. The second-order valence-electron chi connectivity index (χ2n) is 6.58. The predicted molar refractivity (Wildman–Crippen MR) is 92.4 cm³/mol. The number of hydrogen-bond donors (Lipinski definition) is 2. The minimum absolute atomic E-state index is 0.0926. The normalized spacial score (nSPS) is 15.9. The maximum absolute atomic E-state index is 12.1. The smallest absolute Gasteiger partial charge is 0.255 e. The molecule has 0 atom stereocenters. The zero-order chi connectivity index (χ0) is 16.7. The van der Waals surface area contributed by atoms with Crippen LogP contribution in [-0.4, -0.2) is 32.8 Å². The van der Waals surface area contributed by atoms with Crippen LogP contribution in [0.1, 0.15) is 18.2 Å². The summed E-state index contributed by atoms with van der Waals surface area (Å²) in [6.07, 6.45) is 5.34. The van der Waals surface area contributed by atoms with E-state index < -0.39 is 0 Å². The second kappa shape index (κ2) is 5.42. The molecule has 0 aliphatic carbocycles. The third-order valence-electron chi connectivity index (χ3n) is 4.67. The SMILES string of the molecule is Cc1cnc(-n2ccc(C3(C)CNC3)n2)cc1-c1ccc[nH]c1=O. The van der Waals surface area contributed by atoms with Crippen LogP contribution >= 0.6 is 0 Å². The fourth-order valence-electron chi connectivity index (χ4n) is 3.02. The third-order valence-corrected chi connectivity index (χ3v) is 4.67. The van der Waals surface area contributed by atoms with Crippen LogP contribution in [0.3, 0.4) is 0 Å².